The number of amides is 1. The summed E-state index contributed by atoms with van der Waals surface area (Å²) in [6, 6.07) is 6.57. The van der Waals surface area contributed by atoms with E-state index in [2.05, 4.69) is 41.8 Å². The quantitative estimate of drug-likeness (QED) is 0.822. The van der Waals surface area contributed by atoms with Crippen LogP contribution in [0.2, 0.25) is 0 Å². The highest BCUT2D eigenvalue weighted by molar-refractivity contribution is 5.76. The predicted octanol–water partition coefficient (Wildman–Crippen LogP) is 3.15. The molecular weight excluding hydrogens is 312 g/mol. The van der Waals surface area contributed by atoms with Gasteiger partial charge in [-0.15, -0.1) is 0 Å². The van der Waals surface area contributed by atoms with E-state index in [4.69, 9.17) is 4.74 Å². The van der Waals surface area contributed by atoms with Crippen molar-refractivity contribution >= 4 is 5.91 Å². The Kier molecular flexibility index (Phi) is 5.80. The third kappa shape index (κ3) is 4.24. The summed E-state index contributed by atoms with van der Waals surface area (Å²) in [7, 11) is 1.66. The number of hydrogen-bond donors (Lipinski definition) is 0. The Morgan fingerprint density at radius 2 is 1.92 bits per heavy atom. The minimum absolute atomic E-state index is 0.258. The molecule has 3 rings (SSSR count). The first kappa shape index (κ1) is 18.4. The van der Waals surface area contributed by atoms with Crippen LogP contribution in [0.5, 0.6) is 0 Å². The minimum Gasteiger partial charge on any atom is -0.384 e. The molecule has 0 aromatic heterocycles. The Morgan fingerprint density at radius 3 is 2.64 bits per heavy atom. The zero-order valence-electron chi connectivity index (χ0n) is 16.0. The van der Waals surface area contributed by atoms with Gasteiger partial charge in [0.2, 0.25) is 5.91 Å². The van der Waals surface area contributed by atoms with Gasteiger partial charge in [0.1, 0.15) is 0 Å². The van der Waals surface area contributed by atoms with Gasteiger partial charge < -0.3 is 9.64 Å². The maximum absolute atomic E-state index is 12.4. The Hall–Kier alpha value is -1.39. The van der Waals surface area contributed by atoms with Crippen molar-refractivity contribution in [3.05, 3.63) is 34.9 Å². The summed E-state index contributed by atoms with van der Waals surface area (Å²) in [5.74, 6) is 0.258. The topological polar surface area (TPSA) is 32.8 Å². The summed E-state index contributed by atoms with van der Waals surface area (Å²) >= 11 is 0. The van der Waals surface area contributed by atoms with Crippen LogP contribution < -0.4 is 0 Å². The summed E-state index contributed by atoms with van der Waals surface area (Å²) in [5.41, 5.74) is 4.56. The lowest BCUT2D eigenvalue weighted by molar-refractivity contribution is -0.135. The molecule has 1 atom stereocenters. The molecule has 1 aromatic carbocycles. The molecule has 2 fully saturated rings. The van der Waals surface area contributed by atoms with Crippen LogP contribution in [-0.2, 0) is 16.1 Å². The van der Waals surface area contributed by atoms with Crippen LogP contribution in [0.3, 0.4) is 0 Å². The zero-order chi connectivity index (χ0) is 17.9. The first-order valence-corrected chi connectivity index (χ1v) is 9.57. The Morgan fingerprint density at radius 1 is 1.16 bits per heavy atom. The monoisotopic (exact) mass is 344 g/mol. The summed E-state index contributed by atoms with van der Waals surface area (Å²) in [4.78, 5) is 17.1. The van der Waals surface area contributed by atoms with E-state index >= 15 is 0 Å². The second-order valence-electron chi connectivity index (χ2n) is 7.99. The van der Waals surface area contributed by atoms with E-state index in [1.807, 2.05) is 0 Å². The van der Waals surface area contributed by atoms with Gasteiger partial charge in [0.15, 0.2) is 0 Å². The van der Waals surface area contributed by atoms with Crippen LogP contribution >= 0.6 is 0 Å². The van der Waals surface area contributed by atoms with E-state index in [1.54, 1.807) is 7.11 Å². The highest BCUT2D eigenvalue weighted by Gasteiger charge is 2.42. The fourth-order valence-corrected chi connectivity index (χ4v) is 4.59. The van der Waals surface area contributed by atoms with Crippen molar-refractivity contribution in [2.45, 2.75) is 46.1 Å². The van der Waals surface area contributed by atoms with Crippen LogP contribution in [0, 0.1) is 19.3 Å². The fourth-order valence-electron chi connectivity index (χ4n) is 4.59. The van der Waals surface area contributed by atoms with E-state index in [0.717, 1.165) is 39.1 Å². The Bertz CT molecular complexity index is 596. The molecule has 0 radical (unpaired) electrons. The van der Waals surface area contributed by atoms with Crippen molar-refractivity contribution in [3.63, 3.8) is 0 Å². The molecule has 138 valence electrons. The number of carbonyl (C=O) groups is 1. The summed E-state index contributed by atoms with van der Waals surface area (Å²) in [6.45, 7) is 10.1. The lowest BCUT2D eigenvalue weighted by Crippen LogP contribution is -2.47. The summed E-state index contributed by atoms with van der Waals surface area (Å²) < 4.78 is 5.07. The largest absolute Gasteiger partial charge is 0.384 e. The molecule has 4 nitrogen and oxygen atoms in total. The molecule has 2 aliphatic rings. The van der Waals surface area contributed by atoms with Crippen LogP contribution in [-0.4, -0.2) is 55.6 Å². The number of piperidine rings is 1. The number of carbonyl (C=O) groups excluding carboxylic acids is 1. The van der Waals surface area contributed by atoms with Gasteiger partial charge in [0.05, 0.1) is 13.0 Å². The molecule has 0 bridgehead atoms. The van der Waals surface area contributed by atoms with Gasteiger partial charge in [-0.1, -0.05) is 18.2 Å². The molecule has 1 spiro atoms. The SMILES string of the molecule is COCCC(=O)N1CCCC2(CCN(Cc3c(C)cccc3C)C2)C1. The average Bonchev–Trinajstić information content (AvgIpc) is 2.98. The molecule has 25 heavy (non-hydrogen) atoms. The van der Waals surface area contributed by atoms with Gasteiger partial charge in [0.25, 0.3) is 0 Å². The molecule has 4 heteroatoms. The molecule has 2 heterocycles. The number of aryl methyl sites for hydroxylation is 2. The van der Waals surface area contributed by atoms with Crippen molar-refractivity contribution in [3.8, 4) is 0 Å². The Labute approximate surface area is 152 Å². The lowest BCUT2D eigenvalue weighted by atomic mass is 9.79. The number of likely N-dealkylation sites (tertiary alicyclic amines) is 2. The third-order valence-electron chi connectivity index (χ3n) is 6.08. The van der Waals surface area contributed by atoms with Gasteiger partial charge in [0, 0.05) is 38.7 Å². The van der Waals surface area contributed by atoms with E-state index in [1.165, 1.54) is 29.5 Å². The average molecular weight is 344 g/mol. The number of benzene rings is 1. The fraction of sp³-hybridized carbons (Fsp3) is 0.667. The van der Waals surface area contributed by atoms with Gasteiger partial charge in [-0.25, -0.2) is 0 Å². The number of methoxy groups -OCH3 is 1. The lowest BCUT2D eigenvalue weighted by Gasteiger charge is -2.40. The third-order valence-corrected chi connectivity index (χ3v) is 6.08. The van der Waals surface area contributed by atoms with Gasteiger partial charge in [-0.05, 0) is 56.3 Å². The number of hydrogen-bond acceptors (Lipinski definition) is 3. The van der Waals surface area contributed by atoms with E-state index < -0.39 is 0 Å². The molecule has 2 saturated heterocycles. The number of ether oxygens (including phenoxy) is 1. The highest BCUT2D eigenvalue weighted by atomic mass is 16.5. The second kappa shape index (κ2) is 7.88. The van der Waals surface area contributed by atoms with E-state index in [0.29, 0.717) is 18.4 Å². The second-order valence-corrected chi connectivity index (χ2v) is 7.99. The van der Waals surface area contributed by atoms with Crippen molar-refractivity contribution in [2.75, 3.05) is 39.9 Å². The first-order valence-electron chi connectivity index (χ1n) is 9.57. The normalized spacial score (nSPS) is 24.2. The molecule has 0 N–H and O–H groups in total. The van der Waals surface area contributed by atoms with Crippen LogP contribution in [0.25, 0.3) is 0 Å². The molecule has 1 aromatic rings. The highest BCUT2D eigenvalue weighted by Crippen LogP contribution is 2.39. The molecule has 1 unspecified atom stereocenters. The van der Waals surface area contributed by atoms with Crippen LogP contribution in [0.1, 0.15) is 42.4 Å². The van der Waals surface area contributed by atoms with Crippen molar-refractivity contribution in [2.24, 2.45) is 5.41 Å². The van der Waals surface area contributed by atoms with Crippen molar-refractivity contribution in [1.29, 1.82) is 0 Å². The molecule has 0 saturated carbocycles. The van der Waals surface area contributed by atoms with Crippen LogP contribution in [0.4, 0.5) is 0 Å². The molecule has 1 amide bonds. The van der Waals surface area contributed by atoms with Gasteiger partial charge in [-0.2, -0.15) is 0 Å². The maximum atomic E-state index is 12.4. The maximum Gasteiger partial charge on any atom is 0.224 e. The molecular formula is C21H32N2O2. The summed E-state index contributed by atoms with van der Waals surface area (Å²) in [5, 5.41) is 0. The standard InChI is InChI=1S/C21H32N2O2/c1-17-6-4-7-18(2)19(17)14-22-12-10-21(15-22)9-5-11-23(16-21)20(24)8-13-25-3/h4,6-7H,5,8-16H2,1-3H3. The minimum atomic E-state index is 0.258. The number of rotatable bonds is 5. The van der Waals surface area contributed by atoms with Crippen molar-refractivity contribution in [1.82, 2.24) is 9.80 Å². The van der Waals surface area contributed by atoms with Gasteiger partial charge >= 0.3 is 0 Å². The smallest absolute Gasteiger partial charge is 0.224 e. The van der Waals surface area contributed by atoms with E-state index in [-0.39, 0.29) is 5.91 Å². The molecule has 2 aliphatic heterocycles. The number of nitrogens with zero attached hydrogens (tertiary/aromatic N) is 2. The molecule has 0 aliphatic carbocycles. The zero-order valence-corrected chi connectivity index (χ0v) is 16.0. The van der Waals surface area contributed by atoms with Crippen LogP contribution in [0.15, 0.2) is 18.2 Å². The van der Waals surface area contributed by atoms with Gasteiger partial charge in [-0.3, -0.25) is 9.69 Å². The van der Waals surface area contributed by atoms with E-state index in [9.17, 15) is 4.79 Å². The predicted molar refractivity (Wildman–Crippen MR) is 101 cm³/mol. The van der Waals surface area contributed by atoms with Crippen molar-refractivity contribution < 1.29 is 9.53 Å². The first-order chi connectivity index (χ1) is 12.0. The summed E-state index contributed by atoms with van der Waals surface area (Å²) in [6.07, 6.45) is 4.12. The Balaban J connectivity index is 1.62.